The van der Waals surface area contributed by atoms with Gasteiger partial charge in [-0.1, -0.05) is 60.5 Å². The first kappa shape index (κ1) is 20.2. The van der Waals surface area contributed by atoms with Gasteiger partial charge in [0, 0.05) is 22.7 Å². The molecule has 0 saturated carbocycles. The van der Waals surface area contributed by atoms with Crippen molar-refractivity contribution in [1.29, 1.82) is 0 Å². The minimum absolute atomic E-state index is 0.279. The number of hydrogen-bond donors (Lipinski definition) is 0. The molecular weight excluding hydrogens is 346 g/mol. The fraction of sp³-hybridized carbons (Fsp3) is 0.440. The van der Waals surface area contributed by atoms with E-state index >= 15 is 0 Å². The van der Waals surface area contributed by atoms with Crippen LogP contribution in [0.25, 0.3) is 5.57 Å². The fourth-order valence-electron chi connectivity index (χ4n) is 3.99. The Morgan fingerprint density at radius 2 is 1.63 bits per heavy atom. The molecule has 144 valence electrons. The van der Waals surface area contributed by atoms with Gasteiger partial charge in [-0.15, -0.1) is 11.8 Å². The maximum atomic E-state index is 2.45. The number of likely N-dealkylation sites (tertiary alicyclic amines) is 1. The molecule has 27 heavy (non-hydrogen) atoms. The maximum Gasteiger partial charge on any atom is 0.0430 e. The predicted molar refractivity (Wildman–Crippen MR) is 121 cm³/mol. The summed E-state index contributed by atoms with van der Waals surface area (Å²) in [5, 5.41) is 0. The zero-order valence-corrected chi connectivity index (χ0v) is 18.3. The normalized spacial score (nSPS) is 22.3. The lowest BCUT2D eigenvalue weighted by Gasteiger charge is -2.31. The van der Waals surface area contributed by atoms with E-state index in [1.807, 2.05) is 18.2 Å². The van der Waals surface area contributed by atoms with Crippen molar-refractivity contribution < 1.29 is 0 Å². The van der Waals surface area contributed by atoms with Crippen LogP contribution in [0.4, 0.5) is 0 Å². The van der Waals surface area contributed by atoms with Gasteiger partial charge in [0.1, 0.15) is 0 Å². The zero-order valence-electron chi connectivity index (χ0n) is 17.5. The van der Waals surface area contributed by atoms with Crippen molar-refractivity contribution in [3.63, 3.8) is 0 Å². The molecule has 0 radical (unpaired) electrons. The largest absolute Gasteiger partial charge is 0.306 e. The molecule has 2 aromatic carbocycles. The van der Waals surface area contributed by atoms with Gasteiger partial charge >= 0.3 is 0 Å². The molecule has 2 aromatic rings. The van der Waals surface area contributed by atoms with Crippen molar-refractivity contribution in [3.8, 4) is 0 Å². The van der Waals surface area contributed by atoms with E-state index in [1.54, 1.807) is 11.1 Å². The summed E-state index contributed by atoms with van der Waals surface area (Å²) in [4.78, 5) is 3.95. The minimum Gasteiger partial charge on any atom is -0.306 e. The van der Waals surface area contributed by atoms with Crippen molar-refractivity contribution in [2.75, 3.05) is 20.1 Å². The average Bonchev–Trinajstić information content (AvgIpc) is 2.95. The van der Waals surface area contributed by atoms with E-state index in [0.29, 0.717) is 0 Å². The SMILES string of the molecule is CCC1(C)Sc2cc(C)ccc2C1=C1CCN(C)CC1.Cc1ccccc1. The molecule has 2 heterocycles. The topological polar surface area (TPSA) is 3.24 Å². The Morgan fingerprint density at radius 1 is 0.963 bits per heavy atom. The second kappa shape index (κ2) is 8.67. The van der Waals surface area contributed by atoms with Gasteiger partial charge in [0.15, 0.2) is 0 Å². The Morgan fingerprint density at radius 3 is 2.19 bits per heavy atom. The average molecular weight is 380 g/mol. The fourth-order valence-corrected chi connectivity index (χ4v) is 5.50. The number of thioether (sulfide) groups is 1. The van der Waals surface area contributed by atoms with Crippen molar-refractivity contribution in [1.82, 2.24) is 4.90 Å². The van der Waals surface area contributed by atoms with Crippen LogP contribution in [-0.2, 0) is 0 Å². The molecule has 1 fully saturated rings. The number of benzene rings is 2. The smallest absolute Gasteiger partial charge is 0.0430 e. The first-order valence-corrected chi connectivity index (χ1v) is 11.0. The molecule has 1 unspecified atom stereocenters. The molecular formula is C25H33NS. The molecule has 0 aliphatic carbocycles. The predicted octanol–water partition coefficient (Wildman–Crippen LogP) is 6.74. The lowest BCUT2D eigenvalue weighted by atomic mass is 9.84. The van der Waals surface area contributed by atoms with E-state index in [1.165, 1.54) is 53.9 Å². The Hall–Kier alpha value is -1.51. The zero-order chi connectivity index (χ0) is 19.4. The summed E-state index contributed by atoms with van der Waals surface area (Å²) in [6.45, 7) is 11.5. The molecule has 0 N–H and O–H groups in total. The standard InChI is InChI=1S/C18H25NS.C7H8/c1-5-18(3)17(14-8-10-19(4)11-9-14)15-7-6-13(2)12-16(15)20-18;1-7-5-3-2-4-6-7/h6-7,12H,5,8-11H2,1-4H3;2-6H,1H3. The van der Waals surface area contributed by atoms with Gasteiger partial charge in [-0.05, 0) is 69.8 Å². The van der Waals surface area contributed by atoms with Crippen LogP contribution in [0.15, 0.2) is 59.0 Å². The summed E-state index contributed by atoms with van der Waals surface area (Å²) in [5.41, 5.74) is 7.59. The summed E-state index contributed by atoms with van der Waals surface area (Å²) >= 11 is 2.08. The van der Waals surface area contributed by atoms with Crippen LogP contribution in [0.5, 0.6) is 0 Å². The summed E-state index contributed by atoms with van der Waals surface area (Å²) < 4.78 is 0.279. The van der Waals surface area contributed by atoms with Gasteiger partial charge < -0.3 is 4.90 Å². The molecule has 0 amide bonds. The second-order valence-corrected chi connectivity index (χ2v) is 9.67. The summed E-state index contributed by atoms with van der Waals surface area (Å²) in [6, 6.07) is 17.3. The van der Waals surface area contributed by atoms with E-state index in [9.17, 15) is 0 Å². The lowest BCUT2D eigenvalue weighted by Crippen LogP contribution is -2.28. The van der Waals surface area contributed by atoms with E-state index in [2.05, 4.69) is 81.7 Å². The van der Waals surface area contributed by atoms with Gasteiger partial charge in [0.25, 0.3) is 0 Å². The quantitative estimate of drug-likeness (QED) is 0.539. The molecule has 0 spiro atoms. The van der Waals surface area contributed by atoms with Crippen LogP contribution in [0, 0.1) is 13.8 Å². The number of hydrogen-bond acceptors (Lipinski definition) is 2. The van der Waals surface area contributed by atoms with E-state index in [0.717, 1.165) is 0 Å². The molecule has 2 heteroatoms. The van der Waals surface area contributed by atoms with Crippen LogP contribution in [0.2, 0.25) is 0 Å². The Balaban J connectivity index is 0.000000253. The van der Waals surface area contributed by atoms with Crippen molar-refractivity contribution in [2.45, 2.75) is 56.6 Å². The molecule has 1 nitrogen and oxygen atoms in total. The second-order valence-electron chi connectivity index (χ2n) is 8.12. The highest BCUT2D eigenvalue weighted by molar-refractivity contribution is 8.01. The number of fused-ring (bicyclic) bond motifs is 1. The minimum atomic E-state index is 0.279. The van der Waals surface area contributed by atoms with Crippen LogP contribution in [0.1, 0.15) is 49.8 Å². The van der Waals surface area contributed by atoms with Crippen LogP contribution >= 0.6 is 11.8 Å². The van der Waals surface area contributed by atoms with Crippen LogP contribution in [0.3, 0.4) is 0 Å². The van der Waals surface area contributed by atoms with Crippen LogP contribution < -0.4 is 0 Å². The van der Waals surface area contributed by atoms with Gasteiger partial charge in [-0.2, -0.15) is 0 Å². The summed E-state index contributed by atoms with van der Waals surface area (Å²) in [5.74, 6) is 0. The van der Waals surface area contributed by atoms with E-state index < -0.39 is 0 Å². The van der Waals surface area contributed by atoms with Gasteiger partial charge in [0.05, 0.1) is 0 Å². The molecule has 2 aliphatic heterocycles. The first-order valence-electron chi connectivity index (χ1n) is 10.2. The lowest BCUT2D eigenvalue weighted by molar-refractivity contribution is 0.312. The Labute approximate surface area is 169 Å². The Bertz CT molecular complexity index is 798. The number of aryl methyl sites for hydroxylation is 2. The van der Waals surface area contributed by atoms with Crippen molar-refractivity contribution in [3.05, 3.63) is 70.8 Å². The van der Waals surface area contributed by atoms with Crippen LogP contribution in [-0.4, -0.2) is 29.8 Å². The molecule has 1 atom stereocenters. The maximum absolute atomic E-state index is 2.45. The molecule has 4 rings (SSSR count). The van der Waals surface area contributed by atoms with E-state index in [-0.39, 0.29) is 4.75 Å². The van der Waals surface area contributed by atoms with Gasteiger partial charge in [-0.25, -0.2) is 0 Å². The van der Waals surface area contributed by atoms with Gasteiger partial charge in [0.2, 0.25) is 0 Å². The highest BCUT2D eigenvalue weighted by Gasteiger charge is 2.39. The van der Waals surface area contributed by atoms with Gasteiger partial charge in [-0.3, -0.25) is 0 Å². The molecule has 1 saturated heterocycles. The molecule has 2 aliphatic rings. The van der Waals surface area contributed by atoms with Crippen molar-refractivity contribution >= 4 is 17.3 Å². The molecule has 0 aromatic heterocycles. The monoisotopic (exact) mass is 379 g/mol. The third-order valence-electron chi connectivity index (χ3n) is 5.83. The number of rotatable bonds is 1. The highest BCUT2D eigenvalue weighted by Crippen LogP contribution is 2.56. The van der Waals surface area contributed by atoms with Crippen molar-refractivity contribution in [2.24, 2.45) is 0 Å². The number of nitrogens with zero attached hydrogens (tertiary/aromatic N) is 1. The number of piperidine rings is 1. The van der Waals surface area contributed by atoms with E-state index in [4.69, 9.17) is 0 Å². The summed E-state index contributed by atoms with van der Waals surface area (Å²) in [7, 11) is 2.24. The summed E-state index contributed by atoms with van der Waals surface area (Å²) in [6.07, 6.45) is 3.70. The third kappa shape index (κ3) is 4.67. The molecule has 0 bridgehead atoms. The highest BCUT2D eigenvalue weighted by atomic mass is 32.2. The first-order chi connectivity index (χ1) is 12.9. The third-order valence-corrected chi connectivity index (χ3v) is 7.33. The Kier molecular flexibility index (Phi) is 6.49.